The molecule has 2 aromatic carbocycles. The van der Waals surface area contributed by atoms with Crippen LogP contribution in [-0.4, -0.2) is 28.8 Å². The Bertz CT molecular complexity index is 889. The van der Waals surface area contributed by atoms with Gasteiger partial charge in [-0.05, 0) is 49.1 Å². The van der Waals surface area contributed by atoms with Gasteiger partial charge in [0.15, 0.2) is 0 Å². The zero-order chi connectivity index (χ0) is 22.3. The highest BCUT2D eigenvalue weighted by Crippen LogP contribution is 2.24. The van der Waals surface area contributed by atoms with Crippen LogP contribution in [0.5, 0.6) is 0 Å². The molecule has 162 valence electrons. The molecular formula is C23H27Cl3N2O2. The molecule has 2 aromatic rings. The number of carbonyl (C=O) groups excluding carboxylic acids is 2. The van der Waals surface area contributed by atoms with E-state index in [1.54, 1.807) is 29.2 Å². The maximum absolute atomic E-state index is 13.3. The Morgan fingerprint density at radius 3 is 2.27 bits per heavy atom. The van der Waals surface area contributed by atoms with Crippen LogP contribution in [0.4, 0.5) is 0 Å². The Kier molecular flexibility index (Phi) is 9.47. The Hall–Kier alpha value is -1.75. The molecule has 0 heterocycles. The highest BCUT2D eigenvalue weighted by atomic mass is 35.5. The van der Waals surface area contributed by atoms with E-state index in [0.29, 0.717) is 27.1 Å². The van der Waals surface area contributed by atoms with Gasteiger partial charge in [-0.3, -0.25) is 9.59 Å². The minimum absolute atomic E-state index is 0.0227. The van der Waals surface area contributed by atoms with Crippen LogP contribution in [0, 0.1) is 0 Å². The highest BCUT2D eigenvalue weighted by Gasteiger charge is 2.30. The maximum Gasteiger partial charge on any atom is 0.243 e. The third-order valence-corrected chi connectivity index (χ3v) is 6.00. The Morgan fingerprint density at radius 2 is 1.67 bits per heavy atom. The van der Waals surface area contributed by atoms with E-state index in [9.17, 15) is 9.59 Å². The van der Waals surface area contributed by atoms with Gasteiger partial charge in [0.05, 0.1) is 6.42 Å². The zero-order valence-electron chi connectivity index (χ0n) is 17.4. The summed E-state index contributed by atoms with van der Waals surface area (Å²) in [6.45, 7) is 6.07. The number of rotatable bonds is 9. The van der Waals surface area contributed by atoms with E-state index in [4.69, 9.17) is 34.8 Å². The third kappa shape index (κ3) is 6.63. The average Bonchev–Trinajstić information content (AvgIpc) is 2.71. The Morgan fingerprint density at radius 1 is 0.967 bits per heavy atom. The van der Waals surface area contributed by atoms with Crippen LogP contribution in [0.25, 0.3) is 0 Å². The molecule has 0 bridgehead atoms. The van der Waals surface area contributed by atoms with E-state index in [2.05, 4.69) is 5.32 Å². The minimum atomic E-state index is -0.617. The molecule has 4 nitrogen and oxygen atoms in total. The number of hydrogen-bond donors (Lipinski definition) is 1. The molecule has 30 heavy (non-hydrogen) atoms. The average molecular weight is 470 g/mol. The van der Waals surface area contributed by atoms with Crippen LogP contribution in [0.15, 0.2) is 42.5 Å². The normalized spacial score (nSPS) is 12.9. The molecule has 0 saturated heterocycles. The molecule has 2 amide bonds. The molecule has 0 radical (unpaired) electrons. The fourth-order valence-electron chi connectivity index (χ4n) is 3.10. The smallest absolute Gasteiger partial charge is 0.243 e. The van der Waals surface area contributed by atoms with Gasteiger partial charge in [0, 0.05) is 27.7 Å². The first-order valence-electron chi connectivity index (χ1n) is 10.0. The lowest BCUT2D eigenvalue weighted by Gasteiger charge is -2.32. The van der Waals surface area contributed by atoms with E-state index in [-0.39, 0.29) is 30.8 Å². The molecule has 1 N–H and O–H groups in total. The topological polar surface area (TPSA) is 49.4 Å². The fraction of sp³-hybridized carbons (Fsp3) is 0.391. The summed E-state index contributed by atoms with van der Waals surface area (Å²) in [5.41, 5.74) is 1.44. The molecule has 2 atom stereocenters. The number of hydrogen-bond acceptors (Lipinski definition) is 2. The van der Waals surface area contributed by atoms with Crippen LogP contribution in [0.2, 0.25) is 15.1 Å². The van der Waals surface area contributed by atoms with Crippen molar-refractivity contribution in [2.24, 2.45) is 0 Å². The Balaban J connectivity index is 2.34. The second-order valence-electron chi connectivity index (χ2n) is 7.27. The summed E-state index contributed by atoms with van der Waals surface area (Å²) < 4.78 is 0. The van der Waals surface area contributed by atoms with Crippen molar-refractivity contribution >= 4 is 46.6 Å². The third-order valence-electron chi connectivity index (χ3n) is 5.04. The highest BCUT2D eigenvalue weighted by molar-refractivity contribution is 6.35. The predicted octanol–water partition coefficient (Wildman–Crippen LogP) is 5.91. The van der Waals surface area contributed by atoms with Gasteiger partial charge >= 0.3 is 0 Å². The van der Waals surface area contributed by atoms with Gasteiger partial charge in [-0.2, -0.15) is 0 Å². The molecule has 0 aliphatic heterocycles. The lowest BCUT2D eigenvalue weighted by atomic mass is 10.1. The summed E-state index contributed by atoms with van der Waals surface area (Å²) in [6.07, 6.45) is 1.35. The summed E-state index contributed by atoms with van der Waals surface area (Å²) in [4.78, 5) is 27.9. The molecule has 0 spiro atoms. The van der Waals surface area contributed by atoms with E-state index in [1.807, 2.05) is 39.0 Å². The van der Waals surface area contributed by atoms with Gasteiger partial charge in [-0.25, -0.2) is 0 Å². The van der Waals surface area contributed by atoms with E-state index in [1.165, 1.54) is 0 Å². The summed E-state index contributed by atoms with van der Waals surface area (Å²) >= 11 is 18.6. The molecule has 0 aliphatic rings. The lowest BCUT2D eigenvalue weighted by Crippen LogP contribution is -2.51. The lowest BCUT2D eigenvalue weighted by molar-refractivity contribution is -0.141. The second kappa shape index (κ2) is 11.6. The van der Waals surface area contributed by atoms with Gasteiger partial charge in [0.1, 0.15) is 6.04 Å². The van der Waals surface area contributed by atoms with Gasteiger partial charge in [0.25, 0.3) is 0 Å². The zero-order valence-corrected chi connectivity index (χ0v) is 19.7. The van der Waals surface area contributed by atoms with Crippen molar-refractivity contribution in [3.63, 3.8) is 0 Å². The first kappa shape index (κ1) is 24.5. The number of benzene rings is 2. The number of carbonyl (C=O) groups is 2. The standard InChI is InChI=1S/C23H27Cl3N2O2/c1-4-15(3)27-23(30)21(5-2)28(14-17-8-6-7-9-19(17)25)22(29)12-16-10-11-18(24)13-20(16)26/h6-11,13,15,21H,4-5,12,14H2,1-3H3,(H,27,30)/t15-,21-/m1/s1. The maximum atomic E-state index is 13.3. The molecule has 0 unspecified atom stereocenters. The van der Waals surface area contributed by atoms with E-state index in [0.717, 1.165) is 12.0 Å². The summed E-state index contributed by atoms with van der Waals surface area (Å²) in [5, 5.41) is 4.47. The van der Waals surface area contributed by atoms with Gasteiger partial charge < -0.3 is 10.2 Å². The molecule has 0 saturated carbocycles. The fourth-order valence-corrected chi connectivity index (χ4v) is 3.77. The molecule has 0 aliphatic carbocycles. The van der Waals surface area contributed by atoms with Gasteiger partial charge in [0.2, 0.25) is 11.8 Å². The van der Waals surface area contributed by atoms with Crippen molar-refractivity contribution in [2.75, 3.05) is 0 Å². The van der Waals surface area contributed by atoms with Crippen molar-refractivity contribution in [1.29, 1.82) is 0 Å². The SMILES string of the molecule is CC[C@@H](C)NC(=O)[C@@H](CC)N(Cc1ccccc1Cl)C(=O)Cc1ccc(Cl)cc1Cl. The first-order chi connectivity index (χ1) is 14.3. The quantitative estimate of drug-likeness (QED) is 0.496. The van der Waals surface area contributed by atoms with Crippen molar-refractivity contribution in [1.82, 2.24) is 10.2 Å². The van der Waals surface area contributed by atoms with E-state index < -0.39 is 6.04 Å². The monoisotopic (exact) mass is 468 g/mol. The molecule has 7 heteroatoms. The Labute approximate surface area is 193 Å². The van der Waals surface area contributed by atoms with Gasteiger partial charge in [-0.1, -0.05) is 72.9 Å². The summed E-state index contributed by atoms with van der Waals surface area (Å²) in [5.74, 6) is -0.375. The molecular weight excluding hydrogens is 443 g/mol. The van der Waals surface area contributed by atoms with Crippen LogP contribution >= 0.6 is 34.8 Å². The molecule has 0 aromatic heterocycles. The number of nitrogens with one attached hydrogen (secondary N) is 1. The van der Waals surface area contributed by atoms with Crippen molar-refractivity contribution < 1.29 is 9.59 Å². The summed E-state index contributed by atoms with van der Waals surface area (Å²) in [7, 11) is 0. The van der Waals surface area contributed by atoms with Crippen molar-refractivity contribution in [2.45, 2.75) is 58.7 Å². The van der Waals surface area contributed by atoms with Gasteiger partial charge in [-0.15, -0.1) is 0 Å². The predicted molar refractivity (Wildman–Crippen MR) is 124 cm³/mol. The summed E-state index contributed by atoms with van der Waals surface area (Å²) in [6, 6.07) is 11.8. The van der Waals surface area contributed by atoms with E-state index >= 15 is 0 Å². The van der Waals surface area contributed by atoms with Crippen molar-refractivity contribution in [3.05, 3.63) is 68.7 Å². The largest absolute Gasteiger partial charge is 0.352 e. The minimum Gasteiger partial charge on any atom is -0.352 e. The molecule has 0 fully saturated rings. The van der Waals surface area contributed by atoms with Crippen LogP contribution in [-0.2, 0) is 22.6 Å². The molecule has 2 rings (SSSR count). The second-order valence-corrected chi connectivity index (χ2v) is 8.52. The number of halogens is 3. The number of amides is 2. The van der Waals surface area contributed by atoms with Crippen LogP contribution < -0.4 is 5.32 Å². The van der Waals surface area contributed by atoms with Crippen LogP contribution in [0.3, 0.4) is 0 Å². The van der Waals surface area contributed by atoms with Crippen molar-refractivity contribution in [3.8, 4) is 0 Å². The number of nitrogens with zero attached hydrogens (tertiary/aromatic N) is 1. The van der Waals surface area contributed by atoms with Crippen LogP contribution in [0.1, 0.15) is 44.7 Å². The first-order valence-corrected chi connectivity index (χ1v) is 11.2.